The minimum absolute atomic E-state index is 0.0542. The highest BCUT2D eigenvalue weighted by Gasteiger charge is 2.37. The molecule has 2 aromatic carbocycles. The Bertz CT molecular complexity index is 1370. The normalized spacial score (nSPS) is 21.7. The summed E-state index contributed by atoms with van der Waals surface area (Å²) in [4.78, 5) is 9.07. The van der Waals surface area contributed by atoms with E-state index < -0.39 is 18.4 Å². The number of aliphatic hydroxyl groups is 2. The molecule has 0 saturated carbocycles. The van der Waals surface area contributed by atoms with Crippen LogP contribution in [0.4, 0.5) is 11.5 Å². The van der Waals surface area contributed by atoms with E-state index in [0.717, 1.165) is 27.8 Å². The highest BCUT2D eigenvalue weighted by atomic mass is 16.6. The van der Waals surface area contributed by atoms with Crippen LogP contribution in [0.1, 0.15) is 11.8 Å². The van der Waals surface area contributed by atoms with Gasteiger partial charge in [0.2, 0.25) is 0 Å². The number of hydrogen-bond donors (Lipinski definition) is 3. The fraction of sp³-hybridized carbons (Fsp3) is 0.280. The molecule has 0 radical (unpaired) electrons. The molecular weight excluding hydrogens is 436 g/mol. The summed E-state index contributed by atoms with van der Waals surface area (Å²) in [5, 5.41) is 24.8. The minimum atomic E-state index is -1.07. The van der Waals surface area contributed by atoms with Crippen molar-refractivity contribution < 1.29 is 24.4 Å². The predicted octanol–water partition coefficient (Wildman–Crippen LogP) is 3.17. The Kier molecular flexibility index (Phi) is 5.09. The summed E-state index contributed by atoms with van der Waals surface area (Å²) in [6, 6.07) is 13.7. The van der Waals surface area contributed by atoms with Gasteiger partial charge in [-0.25, -0.2) is 9.97 Å². The number of aliphatic hydroxyl groups excluding tert-OH is 2. The van der Waals surface area contributed by atoms with Gasteiger partial charge in [0, 0.05) is 23.5 Å². The maximum Gasteiger partial charge on any atom is 0.164 e. The fourth-order valence-corrected chi connectivity index (χ4v) is 4.54. The van der Waals surface area contributed by atoms with Crippen molar-refractivity contribution in [2.75, 3.05) is 25.1 Å². The maximum atomic E-state index is 10.5. The van der Waals surface area contributed by atoms with Crippen LogP contribution in [-0.2, 0) is 4.74 Å². The van der Waals surface area contributed by atoms with Gasteiger partial charge >= 0.3 is 0 Å². The third-order valence-corrected chi connectivity index (χ3v) is 6.25. The summed E-state index contributed by atoms with van der Waals surface area (Å²) in [5.74, 6) is 1.99. The van der Waals surface area contributed by atoms with E-state index in [2.05, 4.69) is 15.3 Å². The fourth-order valence-electron chi connectivity index (χ4n) is 4.54. The minimum Gasteiger partial charge on any atom is -0.486 e. The molecular formula is C25H24N4O5. The summed E-state index contributed by atoms with van der Waals surface area (Å²) in [7, 11) is 0. The number of benzene rings is 2. The van der Waals surface area contributed by atoms with Gasteiger partial charge in [-0.15, -0.1) is 0 Å². The summed E-state index contributed by atoms with van der Waals surface area (Å²) in [6.07, 6.45) is 0.597. The molecule has 9 nitrogen and oxygen atoms in total. The lowest BCUT2D eigenvalue weighted by molar-refractivity contribution is -0.0159. The van der Waals surface area contributed by atoms with E-state index in [0.29, 0.717) is 36.2 Å². The Labute approximate surface area is 195 Å². The summed E-state index contributed by atoms with van der Waals surface area (Å²) >= 11 is 0. The molecule has 174 valence electrons. The van der Waals surface area contributed by atoms with Crippen molar-refractivity contribution >= 4 is 22.5 Å². The average Bonchev–Trinajstić information content (AvgIpc) is 3.40. The van der Waals surface area contributed by atoms with E-state index >= 15 is 0 Å². The van der Waals surface area contributed by atoms with Crippen LogP contribution in [0.15, 0.2) is 55.0 Å². The number of anilines is 2. The molecule has 1 saturated heterocycles. The second-order valence-electron chi connectivity index (χ2n) is 8.45. The number of nitrogens with zero attached hydrogens (tertiary/aromatic N) is 3. The Morgan fingerprint density at radius 1 is 1.00 bits per heavy atom. The summed E-state index contributed by atoms with van der Waals surface area (Å²) < 4.78 is 18.8. The third kappa shape index (κ3) is 3.45. The maximum absolute atomic E-state index is 10.5. The van der Waals surface area contributed by atoms with Gasteiger partial charge in [-0.2, -0.15) is 0 Å². The molecule has 4 heterocycles. The van der Waals surface area contributed by atoms with Crippen LogP contribution in [0, 0.1) is 6.92 Å². The van der Waals surface area contributed by atoms with Crippen LogP contribution in [0.3, 0.4) is 0 Å². The van der Waals surface area contributed by atoms with Crippen molar-refractivity contribution in [2.45, 2.75) is 25.4 Å². The quantitative estimate of drug-likeness (QED) is 0.426. The number of aromatic nitrogens is 3. The number of rotatable bonds is 4. The topological polar surface area (TPSA) is 111 Å². The summed E-state index contributed by atoms with van der Waals surface area (Å²) in [5.41, 5.74) is 4.38. The zero-order valence-electron chi connectivity index (χ0n) is 18.5. The number of nitrogens with one attached hydrogen (secondary N) is 1. The molecule has 0 bridgehead atoms. The molecule has 2 aliphatic heterocycles. The SMILES string of the molecule is Cc1ccccc1-c1cn([C@@H]2OC[C@@H](O)[C@H]2O)c2ncnc(Nc3ccc4c(c3)OCCO4)c12. The number of hydrogen-bond acceptors (Lipinski definition) is 8. The highest BCUT2D eigenvalue weighted by Crippen LogP contribution is 2.40. The van der Waals surface area contributed by atoms with Gasteiger partial charge in [-0.3, -0.25) is 0 Å². The molecule has 4 aromatic rings. The van der Waals surface area contributed by atoms with E-state index in [-0.39, 0.29) is 6.61 Å². The monoisotopic (exact) mass is 460 g/mol. The van der Waals surface area contributed by atoms with Gasteiger partial charge in [0.05, 0.1) is 12.0 Å². The van der Waals surface area contributed by atoms with Gasteiger partial charge in [0.25, 0.3) is 0 Å². The molecule has 3 N–H and O–H groups in total. The smallest absolute Gasteiger partial charge is 0.164 e. The van der Waals surface area contributed by atoms with Gasteiger partial charge in [0.1, 0.15) is 43.2 Å². The van der Waals surface area contributed by atoms with Crippen molar-refractivity contribution in [1.82, 2.24) is 14.5 Å². The molecule has 0 spiro atoms. The van der Waals surface area contributed by atoms with Crippen LogP contribution in [0.5, 0.6) is 11.5 Å². The number of fused-ring (bicyclic) bond motifs is 2. The van der Waals surface area contributed by atoms with Crippen molar-refractivity contribution in [1.29, 1.82) is 0 Å². The Balaban J connectivity index is 1.51. The van der Waals surface area contributed by atoms with E-state index in [1.165, 1.54) is 6.33 Å². The molecule has 0 amide bonds. The lowest BCUT2D eigenvalue weighted by atomic mass is 10.0. The van der Waals surface area contributed by atoms with Crippen LogP contribution in [0.2, 0.25) is 0 Å². The molecule has 9 heteroatoms. The lowest BCUT2D eigenvalue weighted by Crippen LogP contribution is -2.28. The average molecular weight is 460 g/mol. The van der Waals surface area contributed by atoms with Crippen molar-refractivity contribution in [3.05, 3.63) is 60.6 Å². The van der Waals surface area contributed by atoms with E-state index in [9.17, 15) is 10.2 Å². The summed E-state index contributed by atoms with van der Waals surface area (Å²) in [6.45, 7) is 3.13. The molecule has 0 aliphatic carbocycles. The molecule has 0 unspecified atom stereocenters. The largest absolute Gasteiger partial charge is 0.486 e. The number of ether oxygens (including phenoxy) is 3. The Morgan fingerprint density at radius 3 is 2.62 bits per heavy atom. The Hall–Kier alpha value is -3.66. The molecule has 2 aliphatic rings. The van der Waals surface area contributed by atoms with Crippen LogP contribution < -0.4 is 14.8 Å². The van der Waals surface area contributed by atoms with Crippen LogP contribution in [-0.4, -0.2) is 56.8 Å². The Morgan fingerprint density at radius 2 is 1.82 bits per heavy atom. The predicted molar refractivity (Wildman–Crippen MR) is 125 cm³/mol. The van der Waals surface area contributed by atoms with Gasteiger partial charge in [0.15, 0.2) is 17.7 Å². The molecule has 6 rings (SSSR count). The molecule has 2 aromatic heterocycles. The van der Waals surface area contributed by atoms with Crippen molar-refractivity contribution in [2.24, 2.45) is 0 Å². The molecule has 3 atom stereocenters. The second kappa shape index (κ2) is 8.28. The first-order valence-corrected chi connectivity index (χ1v) is 11.2. The van der Waals surface area contributed by atoms with E-state index in [1.807, 2.05) is 55.6 Å². The van der Waals surface area contributed by atoms with Gasteiger partial charge in [-0.1, -0.05) is 24.3 Å². The van der Waals surface area contributed by atoms with Crippen LogP contribution >= 0.6 is 0 Å². The van der Waals surface area contributed by atoms with Crippen LogP contribution in [0.25, 0.3) is 22.2 Å². The zero-order chi connectivity index (χ0) is 23.2. The van der Waals surface area contributed by atoms with Crippen molar-refractivity contribution in [3.8, 4) is 22.6 Å². The van der Waals surface area contributed by atoms with E-state index in [4.69, 9.17) is 14.2 Å². The lowest BCUT2D eigenvalue weighted by Gasteiger charge is -2.19. The first kappa shape index (κ1) is 20.9. The van der Waals surface area contributed by atoms with Gasteiger partial charge < -0.3 is 34.3 Å². The van der Waals surface area contributed by atoms with Gasteiger partial charge in [-0.05, 0) is 30.2 Å². The first-order valence-electron chi connectivity index (χ1n) is 11.2. The third-order valence-electron chi connectivity index (χ3n) is 6.25. The second-order valence-corrected chi connectivity index (χ2v) is 8.45. The molecule has 1 fully saturated rings. The first-order chi connectivity index (χ1) is 16.6. The standard InChI is InChI=1S/C25H24N4O5/c1-14-4-2-3-5-16(14)17-11-29(25-22(31)18(30)12-34-25)24-21(17)23(26-13-27-24)28-15-6-7-19-20(10-15)33-9-8-32-19/h2-7,10-11,13,18,22,25,30-31H,8-9,12H2,1H3,(H,26,27,28)/t18-,22-,25-/m1/s1. The highest BCUT2D eigenvalue weighted by molar-refractivity contribution is 6.02. The van der Waals surface area contributed by atoms with Crippen molar-refractivity contribution in [3.63, 3.8) is 0 Å². The molecule has 34 heavy (non-hydrogen) atoms. The zero-order valence-corrected chi connectivity index (χ0v) is 18.5. The van der Waals surface area contributed by atoms with E-state index in [1.54, 1.807) is 4.57 Å². The number of aryl methyl sites for hydroxylation is 1.